The van der Waals surface area contributed by atoms with Gasteiger partial charge in [0.2, 0.25) is 9.84 Å². The van der Waals surface area contributed by atoms with E-state index in [1.807, 2.05) is 45.0 Å². The monoisotopic (exact) mass is 940 g/mol. The maximum atomic E-state index is 12.7. The van der Waals surface area contributed by atoms with Crippen molar-refractivity contribution in [1.82, 2.24) is 0 Å². The van der Waals surface area contributed by atoms with Crippen molar-refractivity contribution in [2.45, 2.75) is 56.2 Å². The summed E-state index contributed by atoms with van der Waals surface area (Å²) in [5.74, 6) is 0. The van der Waals surface area contributed by atoms with Crippen molar-refractivity contribution in [2.24, 2.45) is 0 Å². The minimum absolute atomic E-state index is 0.139. The smallest absolute Gasteiger partial charge is 0.218 e. The topological polar surface area (TPSA) is 68.3 Å². The predicted molar refractivity (Wildman–Crippen MR) is 201 cm³/mol. The maximum Gasteiger partial charge on any atom is 0.643 e. The lowest BCUT2D eigenvalue weighted by Gasteiger charge is -2.12. The highest BCUT2D eigenvalue weighted by Crippen LogP contribution is 2.28. The fourth-order valence-electron chi connectivity index (χ4n) is 4.12. The van der Waals surface area contributed by atoms with Crippen LogP contribution in [0.25, 0.3) is 0 Å². The van der Waals surface area contributed by atoms with Gasteiger partial charge in [0.1, 0.15) is 0 Å². The van der Waals surface area contributed by atoms with Gasteiger partial charge < -0.3 is 0 Å². The summed E-state index contributed by atoms with van der Waals surface area (Å²) in [6, 6.07) is 23.7. The number of halogens is 6. The number of aryl methyl sites for hydroxylation is 6. The fourth-order valence-corrected chi connectivity index (χ4v) is 7.31. The Bertz CT molecular complexity index is 1640. The molecular formula is C30H31AlCl4I2O4S2. The van der Waals surface area contributed by atoms with Gasteiger partial charge in [0.25, 0.3) is 9.05 Å². The van der Waals surface area contributed by atoms with Gasteiger partial charge in [-0.05, 0) is 146 Å². The summed E-state index contributed by atoms with van der Waals surface area (Å²) in [4.78, 5) is 0.918. The summed E-state index contributed by atoms with van der Waals surface area (Å²) < 4.78 is 48.8. The van der Waals surface area contributed by atoms with Crippen molar-refractivity contribution >= 4 is 116 Å². The molecule has 0 aliphatic rings. The summed E-state index contributed by atoms with van der Waals surface area (Å²) in [7, 11) is 12.9. The van der Waals surface area contributed by atoms with Crippen LogP contribution in [0.1, 0.15) is 33.4 Å². The molecule has 0 aliphatic carbocycles. The molecule has 0 radical (unpaired) electrons. The van der Waals surface area contributed by atoms with E-state index in [0.717, 1.165) is 23.8 Å². The van der Waals surface area contributed by atoms with Crippen LogP contribution in [0.4, 0.5) is 0 Å². The summed E-state index contributed by atoms with van der Waals surface area (Å²) in [5.41, 5.74) is 6.75. The minimum atomic E-state index is -3.55. The Kier molecular flexibility index (Phi) is 18.0. The van der Waals surface area contributed by atoms with Gasteiger partial charge in [-0.25, -0.2) is 47.0 Å². The maximum absolute atomic E-state index is 12.7. The van der Waals surface area contributed by atoms with E-state index < -0.39 is 30.3 Å². The molecular weight excluding hydrogens is 911 g/mol. The molecule has 13 heteroatoms. The second-order valence-electron chi connectivity index (χ2n) is 9.49. The van der Waals surface area contributed by atoms with Crippen molar-refractivity contribution in [3.05, 3.63) is 119 Å². The third-order valence-electron chi connectivity index (χ3n) is 5.46. The van der Waals surface area contributed by atoms with Gasteiger partial charge in [-0.15, -0.1) is 0 Å². The van der Waals surface area contributed by atoms with Gasteiger partial charge in [-0.1, -0.05) is 52.6 Å². The molecule has 4 rings (SSSR count). The van der Waals surface area contributed by atoms with Crippen LogP contribution in [0.2, 0.25) is 0 Å². The molecule has 0 aliphatic heterocycles. The lowest BCUT2D eigenvalue weighted by Crippen LogP contribution is -2.07. The van der Waals surface area contributed by atoms with Crippen molar-refractivity contribution in [3.8, 4) is 0 Å². The Balaban J connectivity index is 0.000000327. The summed E-state index contributed by atoms with van der Waals surface area (Å²) in [6.07, 6.45) is 0. The van der Waals surface area contributed by atoms with Crippen LogP contribution in [0.5, 0.6) is 0 Å². The van der Waals surface area contributed by atoms with Crippen LogP contribution < -0.4 is 0 Å². The zero-order valence-corrected chi connectivity index (χ0v) is 34.4. The van der Waals surface area contributed by atoms with E-state index >= 15 is 0 Å². The van der Waals surface area contributed by atoms with Crippen LogP contribution in [0, 0.1) is 48.7 Å². The van der Waals surface area contributed by atoms with Gasteiger partial charge in [-0.2, -0.15) is 0 Å². The first-order chi connectivity index (χ1) is 19.7. The molecule has 0 fully saturated rings. The molecule has 0 unspecified atom stereocenters. The lowest BCUT2D eigenvalue weighted by atomic mass is 10.1. The van der Waals surface area contributed by atoms with E-state index in [2.05, 4.69) is 84.2 Å². The molecule has 43 heavy (non-hydrogen) atoms. The Morgan fingerprint density at radius 1 is 0.535 bits per heavy atom. The number of hydrogen-bond acceptors (Lipinski definition) is 4. The van der Waals surface area contributed by atoms with Crippen LogP contribution in [-0.4, -0.2) is 28.2 Å². The molecule has 0 amide bonds. The zero-order valence-electron chi connectivity index (χ0n) is 24.3. The molecule has 4 aromatic carbocycles. The molecule has 0 bridgehead atoms. The minimum Gasteiger partial charge on any atom is -0.218 e. The largest absolute Gasteiger partial charge is 0.643 e. The highest BCUT2D eigenvalue weighted by Gasteiger charge is 2.22. The van der Waals surface area contributed by atoms with Crippen LogP contribution in [0.15, 0.2) is 93.5 Å². The number of benzene rings is 4. The van der Waals surface area contributed by atoms with Crippen molar-refractivity contribution in [1.29, 1.82) is 0 Å². The molecule has 232 valence electrons. The second-order valence-corrected chi connectivity index (χ2v) is 22.9. The van der Waals surface area contributed by atoms with Crippen molar-refractivity contribution in [2.75, 3.05) is 0 Å². The van der Waals surface area contributed by atoms with E-state index in [1.54, 1.807) is 24.3 Å². The third-order valence-corrected chi connectivity index (χ3v) is 10.3. The highest BCUT2D eigenvalue weighted by atomic mass is 127. The van der Waals surface area contributed by atoms with Crippen LogP contribution in [0.3, 0.4) is 0 Å². The Morgan fingerprint density at radius 2 is 0.814 bits per heavy atom. The van der Waals surface area contributed by atoms with Gasteiger partial charge in [0, 0.05) is 17.8 Å². The normalized spacial score (nSPS) is 10.7. The molecule has 0 spiro atoms. The van der Waals surface area contributed by atoms with E-state index in [1.165, 1.54) is 28.8 Å². The molecule has 0 saturated heterocycles. The van der Waals surface area contributed by atoms with Gasteiger partial charge >= 0.3 is 11.4 Å². The quantitative estimate of drug-likeness (QED) is 0.117. The van der Waals surface area contributed by atoms with Crippen LogP contribution >= 0.6 is 86.0 Å². The fraction of sp³-hybridized carbons (Fsp3) is 0.200. The Labute approximate surface area is 305 Å². The van der Waals surface area contributed by atoms with E-state index in [-0.39, 0.29) is 4.90 Å². The predicted octanol–water partition coefficient (Wildman–Crippen LogP) is 10.6. The molecule has 0 aromatic heterocycles. The number of hydrogen-bond donors (Lipinski definition) is 0. The first kappa shape index (κ1) is 41.0. The highest BCUT2D eigenvalue weighted by molar-refractivity contribution is 14.1. The number of rotatable bonds is 3. The summed E-state index contributed by atoms with van der Waals surface area (Å²) >= 11 is 2.53. The Morgan fingerprint density at radius 3 is 1.12 bits per heavy atom. The molecule has 0 heterocycles. The standard InChI is InChI=1S/C15H15IO2S.C9H12.C6H4ClIO2S.Al.3ClH/c1-10-8-11(2)15(12(3)9-10)19(17,18)14-6-4-13(16)5-7-14;1-7-4-8(2)6-9(3)5-7;7-11(9,10)6-3-1-5(8)2-4-6;;;;/h4-9H,1-3H3;4-6H,1-3H3;1-4H;;3*1H/q;;;+3;;;/p-3. The first-order valence-corrected chi connectivity index (χ1v) is 23.7. The molecule has 0 atom stereocenters. The van der Waals surface area contributed by atoms with Gasteiger partial charge in [-0.3, -0.25) is 0 Å². The summed E-state index contributed by atoms with van der Waals surface area (Å²) in [5, 5.41) is 0. The SMILES string of the molecule is Cc1cc(C)c(S(=O)(=O)c2ccc(I)cc2)c(C)c1.Cc1cc(C)cc(C)c1.O=S(=O)(Cl)c1ccc(I)cc1.[Cl][Al]([Cl])[Cl]. The van der Waals surface area contributed by atoms with Crippen molar-refractivity contribution in [3.63, 3.8) is 0 Å². The zero-order chi connectivity index (χ0) is 33.1. The molecule has 4 aromatic rings. The Hall–Kier alpha value is -0.0675. The molecule has 0 N–H and O–H groups in total. The van der Waals surface area contributed by atoms with Crippen LogP contribution in [-0.2, 0) is 18.9 Å². The lowest BCUT2D eigenvalue weighted by molar-refractivity contribution is 0.594. The van der Waals surface area contributed by atoms with E-state index in [4.69, 9.17) is 40.8 Å². The summed E-state index contributed by atoms with van der Waals surface area (Å²) in [6.45, 7) is 12.0. The van der Waals surface area contributed by atoms with Gasteiger partial charge in [0.15, 0.2) is 0 Å². The van der Waals surface area contributed by atoms with Crippen molar-refractivity contribution < 1.29 is 16.8 Å². The number of sulfone groups is 1. The first-order valence-electron chi connectivity index (χ1n) is 12.5. The van der Waals surface area contributed by atoms with E-state index in [0.29, 0.717) is 9.79 Å². The molecule has 0 saturated carbocycles. The average molecular weight is 942 g/mol. The van der Waals surface area contributed by atoms with E-state index in [9.17, 15) is 16.8 Å². The third kappa shape index (κ3) is 15.4. The molecule has 4 nitrogen and oxygen atoms in total. The van der Waals surface area contributed by atoms with Gasteiger partial charge in [0.05, 0.1) is 14.7 Å². The average Bonchev–Trinajstić information content (AvgIpc) is 2.83. The second kappa shape index (κ2) is 18.9.